The molecular weight excluding hydrogens is 307 g/mol. The molecule has 0 unspecified atom stereocenters. The number of azo groups is 1. The Labute approximate surface area is 125 Å². The highest BCUT2D eigenvalue weighted by atomic mass is 35.5. The first-order valence-electron chi connectivity index (χ1n) is 5.34. The minimum Gasteiger partial charge on any atom is -0.504 e. The van der Waals surface area contributed by atoms with Gasteiger partial charge in [0.15, 0.2) is 5.75 Å². The van der Waals surface area contributed by atoms with E-state index in [4.69, 9.17) is 34.8 Å². The molecule has 19 heavy (non-hydrogen) atoms. The number of phenols is 1. The van der Waals surface area contributed by atoms with Gasteiger partial charge in [0.1, 0.15) is 5.69 Å². The lowest BCUT2D eigenvalue weighted by molar-refractivity contribution is 0.476. The lowest BCUT2D eigenvalue weighted by Crippen LogP contribution is -1.76. The summed E-state index contributed by atoms with van der Waals surface area (Å²) in [6.07, 6.45) is 0. The fourth-order valence-corrected chi connectivity index (χ4v) is 2.02. The van der Waals surface area contributed by atoms with Crippen molar-refractivity contribution in [2.45, 2.75) is 6.92 Å². The Hall–Kier alpha value is -1.29. The molecule has 0 saturated carbocycles. The fourth-order valence-electron chi connectivity index (χ4n) is 1.38. The van der Waals surface area contributed by atoms with E-state index in [1.165, 1.54) is 6.07 Å². The van der Waals surface area contributed by atoms with Gasteiger partial charge in [0, 0.05) is 0 Å². The molecule has 0 bridgehead atoms. The molecule has 0 atom stereocenters. The van der Waals surface area contributed by atoms with Crippen LogP contribution in [-0.2, 0) is 0 Å². The van der Waals surface area contributed by atoms with Crippen molar-refractivity contribution in [3.05, 3.63) is 51.0 Å². The number of hydrogen-bond donors (Lipinski definition) is 1. The zero-order valence-corrected chi connectivity index (χ0v) is 12.1. The zero-order valence-electron chi connectivity index (χ0n) is 9.86. The van der Waals surface area contributed by atoms with Crippen molar-refractivity contribution in [1.82, 2.24) is 0 Å². The Morgan fingerprint density at radius 3 is 2.21 bits per heavy atom. The van der Waals surface area contributed by atoms with Gasteiger partial charge in [-0.15, -0.1) is 5.11 Å². The highest BCUT2D eigenvalue weighted by Crippen LogP contribution is 2.44. The van der Waals surface area contributed by atoms with Crippen LogP contribution in [-0.4, -0.2) is 5.11 Å². The molecule has 0 fully saturated rings. The first-order chi connectivity index (χ1) is 8.99. The topological polar surface area (TPSA) is 45.0 Å². The minimum absolute atomic E-state index is 0.0553. The summed E-state index contributed by atoms with van der Waals surface area (Å²) in [4.78, 5) is 0. The highest BCUT2D eigenvalue weighted by Gasteiger charge is 2.14. The van der Waals surface area contributed by atoms with Crippen molar-refractivity contribution < 1.29 is 5.11 Å². The maximum Gasteiger partial charge on any atom is 0.163 e. The number of nitrogens with zero attached hydrogens (tertiary/aromatic N) is 2. The summed E-state index contributed by atoms with van der Waals surface area (Å²) in [5.41, 5.74) is 1.81. The fraction of sp³-hybridized carbons (Fsp3) is 0.0769. The summed E-state index contributed by atoms with van der Waals surface area (Å²) in [7, 11) is 0. The van der Waals surface area contributed by atoms with Gasteiger partial charge < -0.3 is 5.11 Å². The van der Waals surface area contributed by atoms with Gasteiger partial charge in [-0.05, 0) is 25.1 Å². The van der Waals surface area contributed by atoms with Gasteiger partial charge in [0.05, 0.1) is 20.8 Å². The third kappa shape index (κ3) is 3.18. The van der Waals surface area contributed by atoms with E-state index in [-0.39, 0.29) is 26.5 Å². The molecule has 0 amide bonds. The predicted octanol–water partition coefficient (Wildman–Crippen LogP) is 6.08. The van der Waals surface area contributed by atoms with E-state index in [9.17, 15) is 5.11 Å². The highest BCUT2D eigenvalue weighted by molar-refractivity contribution is 6.45. The third-order valence-electron chi connectivity index (χ3n) is 2.42. The third-order valence-corrected chi connectivity index (χ3v) is 3.49. The summed E-state index contributed by atoms with van der Waals surface area (Å²) < 4.78 is 0. The lowest BCUT2D eigenvalue weighted by atomic mass is 10.2. The quantitative estimate of drug-likeness (QED) is 0.530. The van der Waals surface area contributed by atoms with Crippen molar-refractivity contribution >= 4 is 46.2 Å². The second-order valence-corrected chi connectivity index (χ2v) is 5.08. The largest absolute Gasteiger partial charge is 0.504 e. The Kier molecular flexibility index (Phi) is 4.30. The van der Waals surface area contributed by atoms with Gasteiger partial charge in [-0.3, -0.25) is 0 Å². The number of phenolic OH excluding ortho intramolecular Hbond substituents is 1. The molecule has 0 aliphatic carbocycles. The SMILES string of the molecule is Cc1ccc(N=Nc2c(O)c(Cl)cc(Cl)c2Cl)cc1. The Morgan fingerprint density at radius 2 is 1.58 bits per heavy atom. The summed E-state index contributed by atoms with van der Waals surface area (Å²) in [5, 5.41) is 18.1. The van der Waals surface area contributed by atoms with Crippen LogP contribution in [0, 0.1) is 6.92 Å². The van der Waals surface area contributed by atoms with Crippen LogP contribution < -0.4 is 0 Å². The molecule has 2 aromatic rings. The molecule has 98 valence electrons. The monoisotopic (exact) mass is 314 g/mol. The van der Waals surface area contributed by atoms with E-state index in [1.807, 2.05) is 19.1 Å². The molecule has 0 radical (unpaired) electrons. The molecule has 3 nitrogen and oxygen atoms in total. The summed E-state index contributed by atoms with van der Waals surface area (Å²) in [6, 6.07) is 8.76. The number of benzene rings is 2. The average Bonchev–Trinajstić information content (AvgIpc) is 2.38. The average molecular weight is 316 g/mol. The maximum absolute atomic E-state index is 9.80. The van der Waals surface area contributed by atoms with Gasteiger partial charge in [-0.2, -0.15) is 5.11 Å². The number of halogens is 3. The number of hydrogen-bond acceptors (Lipinski definition) is 3. The van der Waals surface area contributed by atoms with Crippen LogP contribution in [0.1, 0.15) is 5.56 Å². The van der Waals surface area contributed by atoms with Crippen LogP contribution in [0.2, 0.25) is 15.1 Å². The smallest absolute Gasteiger partial charge is 0.163 e. The van der Waals surface area contributed by atoms with Gasteiger partial charge in [0.25, 0.3) is 0 Å². The van der Waals surface area contributed by atoms with Gasteiger partial charge in [0.2, 0.25) is 0 Å². The van der Waals surface area contributed by atoms with Crippen molar-refractivity contribution in [2.75, 3.05) is 0 Å². The van der Waals surface area contributed by atoms with E-state index >= 15 is 0 Å². The van der Waals surface area contributed by atoms with Gasteiger partial charge in [-0.25, -0.2) is 0 Å². The Bertz CT molecular complexity index is 613. The minimum atomic E-state index is -0.244. The number of aromatic hydroxyl groups is 1. The van der Waals surface area contributed by atoms with Crippen LogP contribution in [0.4, 0.5) is 11.4 Å². The van der Waals surface area contributed by atoms with Crippen LogP contribution in [0.5, 0.6) is 5.75 Å². The normalized spacial score (nSPS) is 11.2. The second kappa shape index (κ2) is 5.78. The Morgan fingerprint density at radius 1 is 0.947 bits per heavy atom. The molecule has 1 N–H and O–H groups in total. The van der Waals surface area contributed by atoms with Crippen molar-refractivity contribution in [1.29, 1.82) is 0 Å². The van der Waals surface area contributed by atoms with E-state index in [0.717, 1.165) is 5.56 Å². The van der Waals surface area contributed by atoms with E-state index in [2.05, 4.69) is 10.2 Å². The van der Waals surface area contributed by atoms with Crippen molar-refractivity contribution in [3.8, 4) is 5.75 Å². The van der Waals surface area contributed by atoms with Crippen LogP contribution in [0.3, 0.4) is 0 Å². The molecule has 0 aliphatic rings. The molecule has 0 heterocycles. The molecule has 2 aromatic carbocycles. The lowest BCUT2D eigenvalue weighted by Gasteiger charge is -2.04. The molecular formula is C13H9Cl3N2O. The van der Waals surface area contributed by atoms with Gasteiger partial charge >= 0.3 is 0 Å². The van der Waals surface area contributed by atoms with Gasteiger partial charge in [-0.1, -0.05) is 52.5 Å². The molecule has 2 rings (SSSR count). The molecule has 0 saturated heterocycles. The van der Waals surface area contributed by atoms with E-state index in [1.54, 1.807) is 12.1 Å². The van der Waals surface area contributed by atoms with Crippen molar-refractivity contribution in [3.63, 3.8) is 0 Å². The first-order valence-corrected chi connectivity index (χ1v) is 6.47. The van der Waals surface area contributed by atoms with Crippen LogP contribution >= 0.6 is 34.8 Å². The first kappa shape index (κ1) is 14.1. The van der Waals surface area contributed by atoms with Crippen molar-refractivity contribution in [2.24, 2.45) is 10.2 Å². The molecule has 6 heteroatoms. The molecule has 0 spiro atoms. The number of rotatable bonds is 2. The Balaban J connectivity index is 2.41. The maximum atomic E-state index is 9.80. The molecule has 0 aliphatic heterocycles. The van der Waals surface area contributed by atoms with Crippen LogP contribution in [0.15, 0.2) is 40.6 Å². The zero-order chi connectivity index (χ0) is 14.0. The summed E-state index contributed by atoms with van der Waals surface area (Å²) >= 11 is 17.6. The summed E-state index contributed by atoms with van der Waals surface area (Å²) in [6.45, 7) is 1.97. The van der Waals surface area contributed by atoms with E-state index < -0.39 is 0 Å². The molecule has 0 aromatic heterocycles. The van der Waals surface area contributed by atoms with E-state index in [0.29, 0.717) is 5.69 Å². The second-order valence-electron chi connectivity index (χ2n) is 3.89. The number of aryl methyl sites for hydroxylation is 1. The summed E-state index contributed by atoms with van der Waals surface area (Å²) in [5.74, 6) is -0.244. The van der Waals surface area contributed by atoms with Crippen LogP contribution in [0.25, 0.3) is 0 Å². The predicted molar refractivity (Wildman–Crippen MR) is 78.5 cm³/mol. The standard InChI is InChI=1S/C13H9Cl3N2O/c1-7-2-4-8(5-3-7)17-18-12-11(16)9(14)6-10(15)13(12)19/h2-6,19H,1H3.